The second-order valence-electron chi connectivity index (χ2n) is 8.13. The van der Waals surface area contributed by atoms with E-state index in [4.69, 9.17) is 9.47 Å². The Kier molecular flexibility index (Phi) is 8.03. The Morgan fingerprint density at radius 2 is 1.74 bits per heavy atom. The highest BCUT2D eigenvalue weighted by atomic mass is 32.2. The minimum Gasteiger partial charge on any atom is -0.454 e. The normalized spacial score (nSPS) is 13.3. The van der Waals surface area contributed by atoms with Gasteiger partial charge in [-0.2, -0.15) is 0 Å². The first kappa shape index (κ1) is 25.4. The van der Waals surface area contributed by atoms with Crippen molar-refractivity contribution in [3.63, 3.8) is 0 Å². The Balaban J connectivity index is 1.93. The third-order valence-corrected chi connectivity index (χ3v) is 6.67. The summed E-state index contributed by atoms with van der Waals surface area (Å²) in [5.74, 6) is 0.150. The quantitative estimate of drug-likeness (QED) is 0.550. The van der Waals surface area contributed by atoms with E-state index in [1.165, 1.54) is 11.0 Å². The van der Waals surface area contributed by atoms with Gasteiger partial charge in [-0.25, -0.2) is 8.42 Å². The topological polar surface area (TPSA) is 105 Å². The first-order valence-electron chi connectivity index (χ1n) is 11.1. The van der Waals surface area contributed by atoms with E-state index in [9.17, 15) is 18.0 Å². The predicted octanol–water partition coefficient (Wildman–Crippen LogP) is 2.43. The van der Waals surface area contributed by atoms with Gasteiger partial charge in [-0.3, -0.25) is 13.9 Å². The number of nitrogens with one attached hydrogen (secondary N) is 1. The Hall–Kier alpha value is -3.27. The number of anilines is 1. The van der Waals surface area contributed by atoms with Crippen molar-refractivity contribution < 1.29 is 27.5 Å². The number of carbonyl (C=O) groups excluding carboxylic acids is 2. The Bertz CT molecular complexity index is 1130. The van der Waals surface area contributed by atoms with Crippen LogP contribution in [0.5, 0.6) is 11.5 Å². The van der Waals surface area contributed by atoms with Crippen molar-refractivity contribution in [1.29, 1.82) is 0 Å². The van der Waals surface area contributed by atoms with Crippen LogP contribution in [-0.2, 0) is 26.2 Å². The fourth-order valence-corrected chi connectivity index (χ4v) is 4.60. The van der Waals surface area contributed by atoms with Crippen LogP contribution >= 0.6 is 0 Å². The lowest BCUT2D eigenvalue weighted by Crippen LogP contribution is -2.52. The molecule has 0 radical (unpaired) electrons. The van der Waals surface area contributed by atoms with Gasteiger partial charge < -0.3 is 19.7 Å². The molecular formula is C24H31N3O6S. The van der Waals surface area contributed by atoms with Crippen LogP contribution in [0.1, 0.15) is 31.4 Å². The summed E-state index contributed by atoms with van der Waals surface area (Å²) in [6.45, 7) is 5.78. The first-order chi connectivity index (χ1) is 16.1. The summed E-state index contributed by atoms with van der Waals surface area (Å²) in [6.07, 6.45) is 1.42. The lowest BCUT2D eigenvalue weighted by molar-refractivity contribution is -0.140. The fraction of sp³-hybridized carbons (Fsp3) is 0.417. The van der Waals surface area contributed by atoms with E-state index in [0.717, 1.165) is 21.7 Å². The summed E-state index contributed by atoms with van der Waals surface area (Å²) in [5.41, 5.74) is 2.19. The summed E-state index contributed by atoms with van der Waals surface area (Å²) < 4.78 is 37.0. The molecule has 0 spiro atoms. The number of hydrogen-bond acceptors (Lipinski definition) is 6. The van der Waals surface area contributed by atoms with E-state index >= 15 is 0 Å². The zero-order chi connectivity index (χ0) is 24.9. The number of sulfonamides is 1. The molecule has 34 heavy (non-hydrogen) atoms. The van der Waals surface area contributed by atoms with Gasteiger partial charge in [-0.05, 0) is 38.0 Å². The molecule has 3 rings (SSSR count). The molecule has 0 fully saturated rings. The van der Waals surface area contributed by atoms with E-state index in [0.29, 0.717) is 24.5 Å². The molecule has 10 heteroatoms. The number of benzene rings is 2. The molecule has 0 aromatic heterocycles. The maximum absolute atomic E-state index is 13.6. The molecule has 1 heterocycles. The molecule has 0 saturated carbocycles. The highest BCUT2D eigenvalue weighted by molar-refractivity contribution is 7.92. The Labute approximate surface area is 200 Å². The van der Waals surface area contributed by atoms with Crippen LogP contribution in [0.3, 0.4) is 0 Å². The zero-order valence-electron chi connectivity index (χ0n) is 19.9. The minimum atomic E-state index is -3.82. The molecule has 1 aliphatic heterocycles. The summed E-state index contributed by atoms with van der Waals surface area (Å²) in [5, 5.41) is 2.78. The molecule has 2 aromatic rings. The van der Waals surface area contributed by atoms with E-state index in [1.54, 1.807) is 12.1 Å². The predicted molar refractivity (Wildman–Crippen MR) is 129 cm³/mol. The highest BCUT2D eigenvalue weighted by Gasteiger charge is 2.32. The van der Waals surface area contributed by atoms with Crippen molar-refractivity contribution in [1.82, 2.24) is 10.2 Å². The lowest BCUT2D eigenvalue weighted by atomic mass is 10.1. The smallest absolute Gasteiger partial charge is 0.244 e. The number of nitrogens with zero attached hydrogens (tertiary/aromatic N) is 2. The molecule has 0 saturated heterocycles. The number of hydrogen-bond donors (Lipinski definition) is 1. The minimum absolute atomic E-state index is 0.0473. The standard InChI is InChI=1S/C24H31N3O6S/c1-5-20(24(29)25-6-2)26(14-18-9-7-17(3)8-10-18)23(28)15-27(34(4,30)31)19-11-12-21-22(13-19)33-16-32-21/h7-13,20H,5-6,14-16H2,1-4H3,(H,25,29)/t20-/m1/s1. The van der Waals surface area contributed by atoms with Crippen molar-refractivity contribution in [3.8, 4) is 11.5 Å². The SMILES string of the molecule is CCNC(=O)[C@@H](CC)N(Cc1ccc(C)cc1)C(=O)CN(c1ccc2c(c1)OCO2)S(C)(=O)=O. The number of amides is 2. The number of carbonyl (C=O) groups is 2. The Morgan fingerprint density at radius 3 is 2.35 bits per heavy atom. The largest absolute Gasteiger partial charge is 0.454 e. The highest BCUT2D eigenvalue weighted by Crippen LogP contribution is 2.36. The van der Waals surface area contributed by atoms with Crippen molar-refractivity contribution in [2.24, 2.45) is 0 Å². The Morgan fingerprint density at radius 1 is 1.06 bits per heavy atom. The number of likely N-dealkylation sites (N-methyl/N-ethyl adjacent to an activating group) is 1. The van der Waals surface area contributed by atoms with E-state index < -0.39 is 28.5 Å². The molecule has 184 valence electrons. The number of fused-ring (bicyclic) bond motifs is 1. The summed E-state index contributed by atoms with van der Waals surface area (Å²) in [4.78, 5) is 27.8. The molecule has 0 bridgehead atoms. The number of aryl methyl sites for hydroxylation is 1. The van der Waals surface area contributed by atoms with Crippen LogP contribution < -0.4 is 19.1 Å². The van der Waals surface area contributed by atoms with Crippen LogP contribution in [0, 0.1) is 6.92 Å². The number of ether oxygens (including phenoxy) is 2. The average molecular weight is 490 g/mol. The van der Waals surface area contributed by atoms with Crippen molar-refractivity contribution in [2.75, 3.05) is 30.4 Å². The number of rotatable bonds is 10. The van der Waals surface area contributed by atoms with Gasteiger partial charge >= 0.3 is 0 Å². The van der Waals surface area contributed by atoms with Crippen LogP contribution in [0.25, 0.3) is 0 Å². The van der Waals surface area contributed by atoms with Crippen molar-refractivity contribution >= 4 is 27.5 Å². The van der Waals surface area contributed by atoms with E-state index in [-0.39, 0.29) is 24.9 Å². The van der Waals surface area contributed by atoms with E-state index in [2.05, 4.69) is 5.32 Å². The van der Waals surface area contributed by atoms with Gasteiger partial charge in [0.2, 0.25) is 28.6 Å². The van der Waals surface area contributed by atoms with Crippen molar-refractivity contribution in [3.05, 3.63) is 53.6 Å². The maximum atomic E-state index is 13.6. The molecule has 0 aliphatic carbocycles. The van der Waals surface area contributed by atoms with Crippen LogP contribution in [0.15, 0.2) is 42.5 Å². The van der Waals surface area contributed by atoms with Gasteiger partial charge in [-0.1, -0.05) is 36.8 Å². The lowest BCUT2D eigenvalue weighted by Gasteiger charge is -2.32. The fourth-order valence-electron chi connectivity index (χ4n) is 3.76. The third-order valence-electron chi connectivity index (χ3n) is 5.53. The molecule has 1 aliphatic rings. The molecule has 0 unspecified atom stereocenters. The summed E-state index contributed by atoms with van der Waals surface area (Å²) >= 11 is 0. The molecule has 2 aromatic carbocycles. The molecule has 9 nitrogen and oxygen atoms in total. The van der Waals surface area contributed by atoms with Crippen LogP contribution in [0.4, 0.5) is 5.69 Å². The maximum Gasteiger partial charge on any atom is 0.244 e. The summed E-state index contributed by atoms with van der Waals surface area (Å²) in [7, 11) is -3.82. The molecular weight excluding hydrogens is 458 g/mol. The van der Waals surface area contributed by atoms with Gasteiger partial charge in [-0.15, -0.1) is 0 Å². The van der Waals surface area contributed by atoms with Gasteiger partial charge in [0, 0.05) is 19.2 Å². The zero-order valence-corrected chi connectivity index (χ0v) is 20.7. The first-order valence-corrected chi connectivity index (χ1v) is 13.0. The molecule has 2 amide bonds. The molecule has 1 atom stereocenters. The second kappa shape index (κ2) is 10.8. The van der Waals surface area contributed by atoms with Crippen LogP contribution in [0.2, 0.25) is 0 Å². The third kappa shape index (κ3) is 5.99. The average Bonchev–Trinajstić information content (AvgIpc) is 3.26. The van der Waals surface area contributed by atoms with Gasteiger partial charge in [0.1, 0.15) is 12.6 Å². The van der Waals surface area contributed by atoms with Gasteiger partial charge in [0.25, 0.3) is 0 Å². The van der Waals surface area contributed by atoms with Gasteiger partial charge in [0.15, 0.2) is 11.5 Å². The van der Waals surface area contributed by atoms with Crippen LogP contribution in [-0.4, -0.2) is 57.3 Å². The van der Waals surface area contributed by atoms with Crippen molar-refractivity contribution in [2.45, 2.75) is 39.8 Å². The monoisotopic (exact) mass is 489 g/mol. The molecule has 1 N–H and O–H groups in total. The van der Waals surface area contributed by atoms with E-state index in [1.807, 2.05) is 45.0 Å². The second-order valence-corrected chi connectivity index (χ2v) is 10.0. The summed E-state index contributed by atoms with van der Waals surface area (Å²) in [6, 6.07) is 11.6. The van der Waals surface area contributed by atoms with Gasteiger partial charge in [0.05, 0.1) is 11.9 Å².